The zero-order valence-electron chi connectivity index (χ0n) is 11.4. The van der Waals surface area contributed by atoms with E-state index in [2.05, 4.69) is 5.32 Å². The van der Waals surface area contributed by atoms with Crippen LogP contribution in [0.4, 0.5) is 0 Å². The van der Waals surface area contributed by atoms with Crippen LogP contribution in [0.3, 0.4) is 0 Å². The molecule has 0 radical (unpaired) electrons. The quantitative estimate of drug-likeness (QED) is 0.846. The van der Waals surface area contributed by atoms with Crippen molar-refractivity contribution in [2.24, 2.45) is 11.7 Å². The lowest BCUT2D eigenvalue weighted by atomic mass is 9.80. The first-order valence-electron chi connectivity index (χ1n) is 6.33. The SMILES string of the molecule is N#CC1=C(N)NC(C(C#N)C#N)=C(C#N)C1c1ccccc1. The van der Waals surface area contributed by atoms with Gasteiger partial charge in [-0.05, 0) is 5.56 Å². The van der Waals surface area contributed by atoms with Crippen LogP contribution in [0.15, 0.2) is 53.0 Å². The number of benzene rings is 1. The van der Waals surface area contributed by atoms with Crippen LogP contribution in [0.1, 0.15) is 11.5 Å². The Balaban J connectivity index is 2.71. The maximum absolute atomic E-state index is 9.49. The summed E-state index contributed by atoms with van der Waals surface area (Å²) in [5.74, 6) is -1.78. The first-order valence-corrected chi connectivity index (χ1v) is 6.33. The molecule has 22 heavy (non-hydrogen) atoms. The van der Waals surface area contributed by atoms with E-state index in [0.717, 1.165) is 0 Å². The third-order valence-electron chi connectivity index (χ3n) is 3.35. The van der Waals surface area contributed by atoms with E-state index in [1.54, 1.807) is 24.3 Å². The maximum Gasteiger partial charge on any atom is 0.173 e. The lowest BCUT2D eigenvalue weighted by Gasteiger charge is -2.27. The van der Waals surface area contributed by atoms with Crippen molar-refractivity contribution in [3.8, 4) is 24.3 Å². The minimum atomic E-state index is -1.15. The number of nitriles is 4. The molecule has 1 heterocycles. The molecule has 0 aliphatic carbocycles. The van der Waals surface area contributed by atoms with Crippen molar-refractivity contribution in [1.82, 2.24) is 5.32 Å². The van der Waals surface area contributed by atoms with E-state index in [9.17, 15) is 10.5 Å². The molecule has 0 saturated heterocycles. The molecule has 1 aliphatic heterocycles. The molecule has 2 rings (SSSR count). The van der Waals surface area contributed by atoms with Crippen molar-refractivity contribution in [1.29, 1.82) is 21.0 Å². The second-order valence-corrected chi connectivity index (χ2v) is 4.54. The highest BCUT2D eigenvalue weighted by Gasteiger charge is 2.34. The lowest BCUT2D eigenvalue weighted by molar-refractivity contribution is 0.743. The molecule has 1 aromatic carbocycles. The van der Waals surface area contributed by atoms with Crippen LogP contribution in [-0.2, 0) is 0 Å². The summed E-state index contributed by atoms with van der Waals surface area (Å²) in [5, 5.41) is 39.7. The van der Waals surface area contributed by atoms with Crippen molar-refractivity contribution >= 4 is 0 Å². The van der Waals surface area contributed by atoms with Crippen molar-refractivity contribution in [2.45, 2.75) is 5.92 Å². The second-order valence-electron chi connectivity index (χ2n) is 4.54. The fourth-order valence-electron chi connectivity index (χ4n) is 2.35. The number of rotatable bonds is 2. The summed E-state index contributed by atoms with van der Waals surface area (Å²) in [6.45, 7) is 0. The minimum absolute atomic E-state index is 0.0563. The van der Waals surface area contributed by atoms with Gasteiger partial charge >= 0.3 is 0 Å². The average molecular weight is 286 g/mol. The Bertz CT molecular complexity index is 807. The van der Waals surface area contributed by atoms with Crippen LogP contribution in [0, 0.1) is 51.2 Å². The van der Waals surface area contributed by atoms with Crippen LogP contribution in [0.2, 0.25) is 0 Å². The Morgan fingerprint density at radius 2 is 1.55 bits per heavy atom. The predicted molar refractivity (Wildman–Crippen MR) is 76.5 cm³/mol. The van der Waals surface area contributed by atoms with Crippen molar-refractivity contribution in [3.63, 3.8) is 0 Å². The maximum atomic E-state index is 9.49. The van der Waals surface area contributed by atoms with Gasteiger partial charge in [0.25, 0.3) is 0 Å². The van der Waals surface area contributed by atoms with Gasteiger partial charge in [0.05, 0.1) is 47.0 Å². The van der Waals surface area contributed by atoms with Gasteiger partial charge in [0, 0.05) is 0 Å². The van der Waals surface area contributed by atoms with Gasteiger partial charge in [0.15, 0.2) is 5.92 Å². The third kappa shape index (κ3) is 2.34. The van der Waals surface area contributed by atoms with E-state index in [4.69, 9.17) is 16.3 Å². The minimum Gasteiger partial charge on any atom is -0.384 e. The van der Waals surface area contributed by atoms with E-state index in [0.29, 0.717) is 5.56 Å². The zero-order valence-corrected chi connectivity index (χ0v) is 11.4. The summed E-state index contributed by atoms with van der Waals surface area (Å²) in [6, 6.07) is 16.6. The number of hydrogen-bond acceptors (Lipinski definition) is 6. The van der Waals surface area contributed by atoms with Gasteiger partial charge in [-0.15, -0.1) is 0 Å². The molecule has 0 bridgehead atoms. The molecule has 6 nitrogen and oxygen atoms in total. The lowest BCUT2D eigenvalue weighted by Crippen LogP contribution is -2.33. The highest BCUT2D eigenvalue weighted by atomic mass is 15.0. The first kappa shape index (κ1) is 14.7. The number of dihydropyridines is 1. The zero-order chi connectivity index (χ0) is 16.1. The van der Waals surface area contributed by atoms with Crippen LogP contribution in [-0.4, -0.2) is 0 Å². The Hall–Kier alpha value is -3.74. The van der Waals surface area contributed by atoms with Crippen molar-refractivity contribution in [3.05, 3.63) is 58.6 Å². The predicted octanol–water partition coefficient (Wildman–Crippen LogP) is 1.51. The molecule has 1 aromatic rings. The highest BCUT2D eigenvalue weighted by Crippen LogP contribution is 2.37. The Morgan fingerprint density at radius 1 is 0.955 bits per heavy atom. The van der Waals surface area contributed by atoms with Crippen LogP contribution < -0.4 is 11.1 Å². The molecule has 1 atom stereocenters. The number of nitrogens with two attached hydrogens (primary N) is 1. The molecule has 0 fully saturated rings. The molecule has 3 N–H and O–H groups in total. The Kier molecular flexibility index (Phi) is 4.09. The van der Waals surface area contributed by atoms with E-state index in [1.165, 1.54) is 0 Å². The fourth-order valence-corrected chi connectivity index (χ4v) is 2.35. The average Bonchev–Trinajstić information content (AvgIpc) is 2.56. The molecule has 104 valence electrons. The fraction of sp³-hybridized carbons (Fsp3) is 0.125. The van der Waals surface area contributed by atoms with E-state index < -0.39 is 11.8 Å². The molecule has 0 spiro atoms. The largest absolute Gasteiger partial charge is 0.384 e. The molecule has 6 heteroatoms. The third-order valence-corrected chi connectivity index (χ3v) is 3.35. The molecule has 0 aromatic heterocycles. The highest BCUT2D eigenvalue weighted by molar-refractivity contribution is 5.56. The summed E-state index contributed by atoms with van der Waals surface area (Å²) >= 11 is 0. The molecule has 0 saturated carbocycles. The summed E-state index contributed by atoms with van der Waals surface area (Å²) in [7, 11) is 0. The second kappa shape index (κ2) is 6.14. The van der Waals surface area contributed by atoms with Gasteiger partial charge in [-0.3, -0.25) is 0 Å². The van der Waals surface area contributed by atoms with Gasteiger partial charge in [0.2, 0.25) is 0 Å². The molecule has 0 amide bonds. The summed E-state index contributed by atoms with van der Waals surface area (Å²) in [4.78, 5) is 0. The van der Waals surface area contributed by atoms with Gasteiger partial charge in [-0.2, -0.15) is 21.0 Å². The van der Waals surface area contributed by atoms with Crippen molar-refractivity contribution in [2.75, 3.05) is 0 Å². The van der Waals surface area contributed by atoms with E-state index >= 15 is 0 Å². The summed E-state index contributed by atoms with van der Waals surface area (Å²) < 4.78 is 0. The monoisotopic (exact) mass is 286 g/mol. The number of allylic oxidation sites excluding steroid dienone is 3. The van der Waals surface area contributed by atoms with Gasteiger partial charge in [-0.25, -0.2) is 0 Å². The van der Waals surface area contributed by atoms with Crippen molar-refractivity contribution < 1.29 is 0 Å². The number of nitrogens with one attached hydrogen (secondary N) is 1. The number of nitrogens with zero attached hydrogens (tertiary/aromatic N) is 4. The van der Waals surface area contributed by atoms with Crippen LogP contribution in [0.5, 0.6) is 0 Å². The number of hydrogen-bond donors (Lipinski definition) is 2. The van der Waals surface area contributed by atoms with Crippen LogP contribution >= 0.6 is 0 Å². The molecule has 1 unspecified atom stereocenters. The first-order chi connectivity index (χ1) is 10.7. The topological polar surface area (TPSA) is 133 Å². The van der Waals surface area contributed by atoms with E-state index in [-0.39, 0.29) is 22.7 Å². The van der Waals surface area contributed by atoms with E-state index in [1.807, 2.05) is 30.3 Å². The Labute approximate surface area is 127 Å². The molecule has 1 aliphatic rings. The van der Waals surface area contributed by atoms with Gasteiger partial charge in [-0.1, -0.05) is 30.3 Å². The molecular formula is C16H10N6. The summed E-state index contributed by atoms with van der Waals surface area (Å²) in [6.07, 6.45) is 0. The van der Waals surface area contributed by atoms with Gasteiger partial charge in [0.1, 0.15) is 5.82 Å². The van der Waals surface area contributed by atoms with Crippen LogP contribution in [0.25, 0.3) is 0 Å². The summed E-state index contributed by atoms with van der Waals surface area (Å²) in [5.41, 5.74) is 7.05. The normalized spacial score (nSPS) is 17.0. The Morgan fingerprint density at radius 3 is 2.05 bits per heavy atom. The van der Waals surface area contributed by atoms with Gasteiger partial charge < -0.3 is 11.1 Å². The molecular weight excluding hydrogens is 276 g/mol. The standard InChI is InChI=1S/C16H10N6/c17-6-11(7-18)15-12(8-19)14(10-4-2-1-3-5-10)13(9-20)16(21)22-15/h1-5,11,14,22H,21H2. The smallest absolute Gasteiger partial charge is 0.173 e.